The number of fused-ring (bicyclic) bond motifs is 2. The average molecular weight is 281 g/mol. The highest BCUT2D eigenvalue weighted by Gasteiger charge is 2.52. The summed E-state index contributed by atoms with van der Waals surface area (Å²) in [6.07, 6.45) is 2.01. The van der Waals surface area contributed by atoms with E-state index in [1.165, 1.54) is 11.1 Å². The first-order valence-corrected chi connectivity index (χ1v) is 7.38. The van der Waals surface area contributed by atoms with Gasteiger partial charge in [0.25, 0.3) is 5.91 Å². The van der Waals surface area contributed by atoms with Gasteiger partial charge in [0, 0.05) is 19.3 Å². The van der Waals surface area contributed by atoms with Crippen LogP contribution >= 0.6 is 0 Å². The van der Waals surface area contributed by atoms with Crippen molar-refractivity contribution in [1.29, 1.82) is 0 Å². The van der Waals surface area contributed by atoms with Gasteiger partial charge < -0.3 is 9.47 Å². The number of hydrogen-bond donors (Lipinski definition) is 0. The Kier molecular flexibility index (Phi) is 2.54. The van der Waals surface area contributed by atoms with Gasteiger partial charge in [-0.15, -0.1) is 0 Å². The van der Waals surface area contributed by atoms with Gasteiger partial charge in [-0.25, -0.2) is 0 Å². The lowest BCUT2D eigenvalue weighted by molar-refractivity contribution is -0.00123. The van der Waals surface area contributed by atoms with Gasteiger partial charge >= 0.3 is 0 Å². The number of aryl methyl sites for hydroxylation is 1. The third-order valence-electron chi connectivity index (χ3n) is 4.94. The minimum Gasteiger partial charge on any atom is -0.339 e. The number of likely N-dealkylation sites (N-methyl/N-ethyl adjacent to an activating group) is 1. The van der Waals surface area contributed by atoms with E-state index >= 15 is 0 Å². The van der Waals surface area contributed by atoms with Crippen molar-refractivity contribution < 1.29 is 4.79 Å². The van der Waals surface area contributed by atoms with Gasteiger partial charge in [0.05, 0.1) is 6.54 Å². The fourth-order valence-corrected chi connectivity index (χ4v) is 3.71. The number of rotatable bonds is 1. The largest absolute Gasteiger partial charge is 0.339 e. The maximum atomic E-state index is 12.8. The van der Waals surface area contributed by atoms with E-state index in [1.54, 1.807) is 0 Å². The summed E-state index contributed by atoms with van der Waals surface area (Å²) >= 11 is 0. The second kappa shape index (κ2) is 4.21. The monoisotopic (exact) mass is 281 g/mol. The fourth-order valence-electron chi connectivity index (χ4n) is 3.71. The average Bonchev–Trinajstić information content (AvgIpc) is 3.06. The van der Waals surface area contributed by atoms with Crippen molar-refractivity contribution in [1.82, 2.24) is 14.4 Å². The van der Waals surface area contributed by atoms with Crippen molar-refractivity contribution in [3.63, 3.8) is 0 Å². The molecule has 108 valence electrons. The van der Waals surface area contributed by atoms with Crippen LogP contribution in [0.25, 0.3) is 0 Å². The molecule has 0 saturated carbocycles. The molecule has 0 radical (unpaired) electrons. The molecule has 3 heterocycles. The Morgan fingerprint density at radius 3 is 2.62 bits per heavy atom. The molecule has 4 heteroatoms. The third kappa shape index (κ3) is 1.56. The molecular formula is C17H19N3O. The van der Waals surface area contributed by atoms with Gasteiger partial charge in [0.15, 0.2) is 0 Å². The van der Waals surface area contributed by atoms with Gasteiger partial charge in [-0.3, -0.25) is 9.69 Å². The number of carbonyl (C=O) groups is 1. The summed E-state index contributed by atoms with van der Waals surface area (Å²) in [4.78, 5) is 17.2. The lowest BCUT2D eigenvalue weighted by Crippen LogP contribution is -2.57. The summed E-state index contributed by atoms with van der Waals surface area (Å²) in [7, 11) is 2.11. The highest BCUT2D eigenvalue weighted by Crippen LogP contribution is 2.41. The molecule has 1 amide bonds. The predicted octanol–water partition coefficient (Wildman–Crippen LogP) is 2.05. The molecule has 4 rings (SSSR count). The molecule has 1 atom stereocenters. The molecule has 0 bridgehead atoms. The molecule has 0 N–H and O–H groups in total. The molecule has 2 aliphatic rings. The van der Waals surface area contributed by atoms with Crippen LogP contribution in [0, 0.1) is 6.92 Å². The highest BCUT2D eigenvalue weighted by atomic mass is 16.2. The van der Waals surface area contributed by atoms with E-state index < -0.39 is 0 Å². The Morgan fingerprint density at radius 2 is 1.86 bits per heavy atom. The number of benzene rings is 1. The quantitative estimate of drug-likeness (QED) is 0.800. The van der Waals surface area contributed by atoms with Crippen molar-refractivity contribution in [2.45, 2.75) is 19.1 Å². The maximum absolute atomic E-state index is 12.8. The van der Waals surface area contributed by atoms with Crippen LogP contribution in [0.3, 0.4) is 0 Å². The number of amides is 1. The first-order chi connectivity index (χ1) is 10.1. The number of hydrogen-bond acceptors (Lipinski definition) is 2. The van der Waals surface area contributed by atoms with Crippen molar-refractivity contribution in [2.24, 2.45) is 0 Å². The predicted molar refractivity (Wildman–Crippen MR) is 81.0 cm³/mol. The summed E-state index contributed by atoms with van der Waals surface area (Å²) in [5.74, 6) is 0.135. The van der Waals surface area contributed by atoms with Crippen LogP contribution in [0.5, 0.6) is 0 Å². The zero-order chi connectivity index (χ0) is 14.6. The van der Waals surface area contributed by atoms with Crippen molar-refractivity contribution >= 4 is 5.91 Å². The number of carbonyl (C=O) groups excluding carboxylic acids is 1. The van der Waals surface area contributed by atoms with Crippen LogP contribution in [0.2, 0.25) is 0 Å². The van der Waals surface area contributed by atoms with Crippen molar-refractivity contribution in [3.8, 4) is 0 Å². The van der Waals surface area contributed by atoms with Crippen LogP contribution in [-0.2, 0) is 12.2 Å². The molecule has 2 aromatic rings. The van der Waals surface area contributed by atoms with Crippen molar-refractivity contribution in [3.05, 3.63) is 59.4 Å². The normalized spacial score (nSPS) is 25.0. The summed E-state index contributed by atoms with van der Waals surface area (Å²) in [5, 5.41) is 0. The van der Waals surface area contributed by atoms with Crippen LogP contribution in [0.15, 0.2) is 42.6 Å². The molecule has 0 aliphatic carbocycles. The minimum atomic E-state index is -0.350. The van der Waals surface area contributed by atoms with Gasteiger partial charge in [-0.05, 0) is 31.7 Å². The lowest BCUT2D eigenvalue weighted by Gasteiger charge is -2.46. The molecular weight excluding hydrogens is 262 g/mol. The van der Waals surface area contributed by atoms with Gasteiger partial charge in [0.1, 0.15) is 11.4 Å². The van der Waals surface area contributed by atoms with Crippen LogP contribution in [0.4, 0.5) is 0 Å². The van der Waals surface area contributed by atoms with Gasteiger partial charge in [-0.1, -0.05) is 29.8 Å². The third-order valence-corrected chi connectivity index (χ3v) is 4.94. The van der Waals surface area contributed by atoms with Crippen LogP contribution in [-0.4, -0.2) is 40.4 Å². The zero-order valence-corrected chi connectivity index (χ0v) is 12.4. The molecule has 2 aliphatic heterocycles. The molecule has 4 nitrogen and oxygen atoms in total. The second-order valence-electron chi connectivity index (χ2n) is 6.08. The number of aromatic nitrogens is 1. The SMILES string of the molecule is Cc1ccc(C23Cn4cccc4C(=O)N2CCN3C)cc1. The Labute approximate surface area is 124 Å². The fraction of sp³-hybridized carbons (Fsp3) is 0.353. The first-order valence-electron chi connectivity index (χ1n) is 7.38. The van der Waals surface area contributed by atoms with Crippen LogP contribution < -0.4 is 0 Å². The summed E-state index contributed by atoms with van der Waals surface area (Å²) in [5.41, 5.74) is 2.89. The summed E-state index contributed by atoms with van der Waals surface area (Å²) in [6, 6.07) is 12.4. The smallest absolute Gasteiger partial charge is 0.272 e. The van der Waals surface area contributed by atoms with E-state index in [4.69, 9.17) is 0 Å². The van der Waals surface area contributed by atoms with Crippen molar-refractivity contribution in [2.75, 3.05) is 20.1 Å². The van der Waals surface area contributed by atoms with E-state index in [1.807, 2.05) is 23.2 Å². The van der Waals surface area contributed by atoms with Gasteiger partial charge in [0.2, 0.25) is 0 Å². The van der Waals surface area contributed by atoms with E-state index in [2.05, 4.69) is 47.7 Å². The van der Waals surface area contributed by atoms with E-state index in [-0.39, 0.29) is 11.6 Å². The molecule has 1 aromatic carbocycles. The molecule has 1 saturated heterocycles. The van der Waals surface area contributed by atoms with Crippen LogP contribution in [0.1, 0.15) is 21.6 Å². The highest BCUT2D eigenvalue weighted by molar-refractivity contribution is 5.94. The maximum Gasteiger partial charge on any atom is 0.272 e. The molecule has 21 heavy (non-hydrogen) atoms. The summed E-state index contributed by atoms with van der Waals surface area (Å²) < 4.78 is 2.08. The lowest BCUT2D eigenvalue weighted by atomic mass is 9.94. The number of nitrogens with zero attached hydrogens (tertiary/aromatic N) is 3. The Hall–Kier alpha value is -2.07. The summed E-state index contributed by atoms with van der Waals surface area (Å²) in [6.45, 7) is 4.58. The Morgan fingerprint density at radius 1 is 1.10 bits per heavy atom. The second-order valence-corrected chi connectivity index (χ2v) is 6.08. The first kappa shape index (κ1) is 12.7. The standard InChI is InChI=1S/C17H19N3O/c1-13-5-7-14(8-6-13)17-12-19-9-3-4-15(19)16(21)20(17)11-10-18(17)2/h3-9H,10-12H2,1-2H3. The zero-order valence-electron chi connectivity index (χ0n) is 12.4. The Balaban J connectivity index is 1.91. The van der Waals surface area contributed by atoms with E-state index in [0.717, 1.165) is 25.3 Å². The van der Waals surface area contributed by atoms with E-state index in [9.17, 15) is 4.79 Å². The topological polar surface area (TPSA) is 28.5 Å². The molecule has 1 aromatic heterocycles. The molecule has 0 spiro atoms. The molecule has 1 fully saturated rings. The molecule has 1 unspecified atom stereocenters. The minimum absolute atomic E-state index is 0.135. The Bertz CT molecular complexity index is 703. The van der Waals surface area contributed by atoms with E-state index in [0.29, 0.717) is 0 Å². The van der Waals surface area contributed by atoms with Gasteiger partial charge in [-0.2, -0.15) is 0 Å².